The van der Waals surface area contributed by atoms with Crippen LogP contribution >= 0.6 is 12.4 Å². The molecule has 3 aliphatic heterocycles. The molecule has 4 nitrogen and oxygen atoms in total. The first kappa shape index (κ1) is 17.5. The minimum atomic E-state index is 0. The van der Waals surface area contributed by atoms with Crippen LogP contribution in [0.1, 0.15) is 33.1 Å². The van der Waals surface area contributed by atoms with Crippen LogP contribution in [0.2, 0.25) is 0 Å². The van der Waals surface area contributed by atoms with E-state index in [-0.39, 0.29) is 24.4 Å². The van der Waals surface area contributed by atoms with Gasteiger partial charge in [-0.3, -0.25) is 4.79 Å². The number of halogens is 1. The number of carbonyl (C=O) groups excluding carboxylic acids is 1. The molecule has 2 fully saturated rings. The number of ether oxygens (including phenoxy) is 1. The van der Waals surface area contributed by atoms with E-state index in [1.165, 1.54) is 5.56 Å². The first-order chi connectivity index (χ1) is 12.3. The van der Waals surface area contributed by atoms with Gasteiger partial charge in [-0.25, -0.2) is 0 Å². The quantitative estimate of drug-likeness (QED) is 0.882. The summed E-state index contributed by atoms with van der Waals surface area (Å²) in [5, 5.41) is 3.51. The van der Waals surface area contributed by atoms with Crippen molar-refractivity contribution in [2.45, 2.75) is 19.3 Å². The highest BCUT2D eigenvalue weighted by Crippen LogP contribution is 2.43. The lowest BCUT2D eigenvalue weighted by molar-refractivity contribution is 0.0709. The molecule has 26 heavy (non-hydrogen) atoms. The van der Waals surface area contributed by atoms with E-state index in [2.05, 4.69) is 40.5 Å². The number of rotatable bonds is 2. The Hall–Kier alpha value is -1.88. The van der Waals surface area contributed by atoms with Crippen LogP contribution in [0.15, 0.2) is 48.5 Å². The Morgan fingerprint density at radius 1 is 1.04 bits per heavy atom. The number of carbonyl (C=O) groups is 1. The van der Waals surface area contributed by atoms with Gasteiger partial charge in [-0.05, 0) is 28.7 Å². The SMILES string of the molecule is Cl.O=C(c1cccc2c1COC2)N1C[C@@H]2CNC[C@@H]2[C@H]1c1ccccc1. The zero-order chi connectivity index (χ0) is 16.8. The smallest absolute Gasteiger partial charge is 0.254 e. The van der Waals surface area contributed by atoms with Gasteiger partial charge >= 0.3 is 0 Å². The molecule has 0 unspecified atom stereocenters. The van der Waals surface area contributed by atoms with E-state index in [9.17, 15) is 4.79 Å². The molecule has 2 saturated heterocycles. The summed E-state index contributed by atoms with van der Waals surface area (Å²) in [6.45, 7) is 4.00. The third-order valence-electron chi connectivity index (χ3n) is 5.97. The number of fused-ring (bicyclic) bond motifs is 2. The third kappa shape index (κ3) is 2.73. The van der Waals surface area contributed by atoms with Gasteiger partial charge in [0, 0.05) is 31.1 Å². The number of likely N-dealkylation sites (tertiary alicyclic amines) is 1. The van der Waals surface area contributed by atoms with Gasteiger partial charge in [-0.2, -0.15) is 0 Å². The average Bonchev–Trinajstić information content (AvgIpc) is 3.36. The Morgan fingerprint density at radius 2 is 1.88 bits per heavy atom. The Bertz CT molecular complexity index is 811. The van der Waals surface area contributed by atoms with E-state index >= 15 is 0 Å². The fourth-order valence-corrected chi connectivity index (χ4v) is 4.77. The summed E-state index contributed by atoms with van der Waals surface area (Å²) in [6, 6.07) is 16.7. The van der Waals surface area contributed by atoms with Crippen molar-refractivity contribution in [1.29, 1.82) is 0 Å². The van der Waals surface area contributed by atoms with Crippen LogP contribution in [0, 0.1) is 11.8 Å². The van der Waals surface area contributed by atoms with Gasteiger partial charge in [0.1, 0.15) is 0 Å². The average molecular weight is 371 g/mol. The standard InChI is InChI=1S/C21H22N2O2.ClH/c24-21(17-8-4-7-15-12-25-13-19(15)17)23-11-16-9-22-10-18(16)20(23)14-5-2-1-3-6-14;/h1-8,16,18,20,22H,9-13H2;1H/t16-,18-,20+;/m0./s1. The van der Waals surface area contributed by atoms with Gasteiger partial charge < -0.3 is 15.0 Å². The Labute approximate surface area is 159 Å². The molecular formula is C21H23ClN2O2. The van der Waals surface area contributed by atoms with Crippen molar-refractivity contribution in [3.05, 3.63) is 70.8 Å². The van der Waals surface area contributed by atoms with Crippen molar-refractivity contribution in [3.63, 3.8) is 0 Å². The summed E-state index contributed by atoms with van der Waals surface area (Å²) in [4.78, 5) is 15.6. The lowest BCUT2D eigenvalue weighted by Gasteiger charge is -2.29. The van der Waals surface area contributed by atoms with E-state index in [0.29, 0.717) is 25.0 Å². The molecule has 5 rings (SSSR count). The fraction of sp³-hybridized carbons (Fsp3) is 0.381. The topological polar surface area (TPSA) is 41.6 Å². The van der Waals surface area contributed by atoms with Crippen LogP contribution in [-0.2, 0) is 18.0 Å². The van der Waals surface area contributed by atoms with E-state index < -0.39 is 0 Å². The van der Waals surface area contributed by atoms with Gasteiger partial charge in [-0.1, -0.05) is 42.5 Å². The van der Waals surface area contributed by atoms with Crippen LogP contribution in [0.25, 0.3) is 0 Å². The van der Waals surface area contributed by atoms with Crippen LogP contribution in [0.5, 0.6) is 0 Å². The van der Waals surface area contributed by atoms with Gasteiger partial charge in [-0.15, -0.1) is 12.4 Å². The molecule has 0 bridgehead atoms. The van der Waals surface area contributed by atoms with Crippen molar-refractivity contribution in [1.82, 2.24) is 10.2 Å². The fourth-order valence-electron chi connectivity index (χ4n) is 4.77. The number of nitrogens with zero attached hydrogens (tertiary/aromatic N) is 1. The number of hydrogen-bond donors (Lipinski definition) is 1. The molecule has 3 heterocycles. The summed E-state index contributed by atoms with van der Waals surface area (Å²) in [7, 11) is 0. The minimum Gasteiger partial charge on any atom is -0.372 e. The number of amides is 1. The predicted octanol–water partition coefficient (Wildman–Crippen LogP) is 3.17. The maximum atomic E-state index is 13.5. The van der Waals surface area contributed by atoms with Crippen LogP contribution < -0.4 is 5.32 Å². The monoisotopic (exact) mass is 370 g/mol. The molecule has 5 heteroatoms. The zero-order valence-electron chi connectivity index (χ0n) is 14.6. The molecule has 0 saturated carbocycles. The minimum absolute atomic E-state index is 0. The van der Waals surface area contributed by atoms with Crippen LogP contribution in [-0.4, -0.2) is 30.4 Å². The Kier molecular flexibility index (Phi) is 4.74. The molecular weight excluding hydrogens is 348 g/mol. The van der Waals surface area contributed by atoms with E-state index in [1.807, 2.05) is 18.2 Å². The summed E-state index contributed by atoms with van der Waals surface area (Å²) >= 11 is 0. The lowest BCUT2D eigenvalue weighted by Crippen LogP contribution is -2.35. The molecule has 3 atom stereocenters. The first-order valence-electron chi connectivity index (χ1n) is 9.08. The van der Waals surface area contributed by atoms with Gasteiger partial charge in [0.05, 0.1) is 19.3 Å². The summed E-state index contributed by atoms with van der Waals surface area (Å²) in [5.74, 6) is 1.20. The Morgan fingerprint density at radius 3 is 2.73 bits per heavy atom. The molecule has 1 amide bonds. The first-order valence-corrected chi connectivity index (χ1v) is 9.08. The molecule has 136 valence electrons. The molecule has 0 aliphatic carbocycles. The molecule has 1 N–H and O–H groups in total. The Balaban J connectivity index is 0.00000168. The second-order valence-electron chi connectivity index (χ2n) is 7.33. The van der Waals surface area contributed by atoms with E-state index in [1.54, 1.807) is 0 Å². The highest BCUT2D eigenvalue weighted by Gasteiger charge is 2.47. The summed E-state index contributed by atoms with van der Waals surface area (Å²) in [6.07, 6.45) is 0. The normalized spacial score (nSPS) is 26.3. The maximum Gasteiger partial charge on any atom is 0.254 e. The molecule has 0 aromatic heterocycles. The van der Waals surface area contributed by atoms with E-state index in [0.717, 1.165) is 36.3 Å². The number of hydrogen-bond acceptors (Lipinski definition) is 3. The van der Waals surface area contributed by atoms with Crippen molar-refractivity contribution in [2.24, 2.45) is 11.8 Å². The molecule has 2 aromatic rings. The van der Waals surface area contributed by atoms with E-state index in [4.69, 9.17) is 4.74 Å². The van der Waals surface area contributed by atoms with Gasteiger partial charge in [0.2, 0.25) is 0 Å². The predicted molar refractivity (Wildman–Crippen MR) is 102 cm³/mol. The van der Waals surface area contributed by atoms with Gasteiger partial charge in [0.25, 0.3) is 5.91 Å². The second kappa shape index (κ2) is 7.03. The summed E-state index contributed by atoms with van der Waals surface area (Å²) < 4.78 is 5.57. The highest BCUT2D eigenvalue weighted by atomic mass is 35.5. The lowest BCUT2D eigenvalue weighted by atomic mass is 9.89. The number of benzene rings is 2. The zero-order valence-corrected chi connectivity index (χ0v) is 15.4. The largest absolute Gasteiger partial charge is 0.372 e. The van der Waals surface area contributed by atoms with Crippen molar-refractivity contribution in [2.75, 3.05) is 19.6 Å². The molecule has 2 aromatic carbocycles. The number of nitrogens with one attached hydrogen (secondary N) is 1. The molecule has 0 spiro atoms. The second-order valence-corrected chi connectivity index (χ2v) is 7.33. The van der Waals surface area contributed by atoms with Crippen molar-refractivity contribution < 1.29 is 9.53 Å². The highest BCUT2D eigenvalue weighted by molar-refractivity contribution is 5.96. The van der Waals surface area contributed by atoms with Gasteiger partial charge in [0.15, 0.2) is 0 Å². The van der Waals surface area contributed by atoms with Crippen molar-refractivity contribution in [3.8, 4) is 0 Å². The third-order valence-corrected chi connectivity index (χ3v) is 5.97. The maximum absolute atomic E-state index is 13.5. The van der Waals surface area contributed by atoms with Crippen LogP contribution in [0.4, 0.5) is 0 Å². The molecule has 3 aliphatic rings. The molecule has 0 radical (unpaired) electrons. The van der Waals surface area contributed by atoms with Crippen LogP contribution in [0.3, 0.4) is 0 Å². The summed E-state index contributed by atoms with van der Waals surface area (Å²) in [5.41, 5.74) is 4.30. The van der Waals surface area contributed by atoms with Crippen molar-refractivity contribution >= 4 is 18.3 Å².